The van der Waals surface area contributed by atoms with Crippen molar-refractivity contribution in [2.24, 2.45) is 0 Å². The number of nitrogens with one attached hydrogen (secondary N) is 2. The van der Waals surface area contributed by atoms with Gasteiger partial charge in [-0.25, -0.2) is 4.68 Å². The monoisotopic (exact) mass is 530 g/mol. The van der Waals surface area contributed by atoms with Crippen LogP contribution in [0.3, 0.4) is 0 Å². The zero-order valence-electron chi connectivity index (χ0n) is 16.5. The van der Waals surface area contributed by atoms with E-state index in [0.717, 1.165) is 28.7 Å². The summed E-state index contributed by atoms with van der Waals surface area (Å²) in [5, 5.41) is 8.20. The molecule has 0 fully saturated rings. The third kappa shape index (κ3) is 5.11. The van der Waals surface area contributed by atoms with Crippen molar-refractivity contribution >= 4 is 51.3 Å². The number of rotatable bonds is 9. The summed E-state index contributed by atoms with van der Waals surface area (Å²) in [6.45, 7) is 2.71. The zero-order chi connectivity index (χ0) is 21.7. The fourth-order valence-corrected chi connectivity index (χ4v) is 4.10. The predicted molar refractivity (Wildman–Crippen MR) is 126 cm³/mol. The Balaban J connectivity index is 1.89. The summed E-state index contributed by atoms with van der Waals surface area (Å²) in [5.74, 6) is 2.03. The first-order valence-electron chi connectivity index (χ1n) is 9.27. The van der Waals surface area contributed by atoms with Crippen LogP contribution in [0.1, 0.15) is 30.3 Å². The van der Waals surface area contributed by atoms with Gasteiger partial charge in [0.25, 0.3) is 0 Å². The lowest BCUT2D eigenvalue weighted by Crippen LogP contribution is -2.18. The molecule has 10 heteroatoms. The lowest BCUT2D eigenvalue weighted by molar-refractivity contribution is 0.281. The van der Waals surface area contributed by atoms with Gasteiger partial charge in [-0.2, -0.15) is 5.10 Å². The van der Waals surface area contributed by atoms with Gasteiger partial charge >= 0.3 is 0 Å². The largest absolute Gasteiger partial charge is 0.493 e. The quantitative estimate of drug-likeness (QED) is 0.317. The molecule has 3 rings (SSSR count). The molecule has 0 radical (unpaired) electrons. The van der Waals surface area contributed by atoms with Gasteiger partial charge in [-0.05, 0) is 42.9 Å². The van der Waals surface area contributed by atoms with Crippen molar-refractivity contribution in [2.75, 3.05) is 12.5 Å². The minimum Gasteiger partial charge on any atom is -0.493 e. The van der Waals surface area contributed by atoms with E-state index in [9.17, 15) is 0 Å². The van der Waals surface area contributed by atoms with Crippen LogP contribution < -0.4 is 14.9 Å². The molecular formula is C20H21BrCl2N4O2S. The Bertz CT molecular complexity index is 1070. The van der Waals surface area contributed by atoms with Crippen LogP contribution in [0.4, 0.5) is 0 Å². The summed E-state index contributed by atoms with van der Waals surface area (Å²) >= 11 is 21.5. The lowest BCUT2D eigenvalue weighted by Gasteiger charge is -2.19. The SMILES string of the molecule is CCCc1n[nH]c(=S)n1NCc1c(Br)ccc(OC)c1OCc1c(Cl)cccc1Cl. The average molecular weight is 532 g/mol. The topological polar surface area (TPSA) is 64.1 Å². The normalized spacial score (nSPS) is 10.8. The summed E-state index contributed by atoms with van der Waals surface area (Å²) in [6, 6.07) is 9.10. The molecule has 1 heterocycles. The van der Waals surface area contributed by atoms with Crippen LogP contribution in [-0.4, -0.2) is 22.0 Å². The second kappa shape index (κ2) is 10.5. The lowest BCUT2D eigenvalue weighted by atomic mass is 10.1. The highest BCUT2D eigenvalue weighted by atomic mass is 79.9. The minimum absolute atomic E-state index is 0.199. The van der Waals surface area contributed by atoms with Crippen LogP contribution in [0, 0.1) is 4.77 Å². The number of ether oxygens (including phenoxy) is 2. The smallest absolute Gasteiger partial charge is 0.214 e. The van der Waals surface area contributed by atoms with Crippen LogP contribution in [0.5, 0.6) is 11.5 Å². The molecule has 2 aromatic carbocycles. The summed E-state index contributed by atoms with van der Waals surface area (Å²) in [5.41, 5.74) is 4.89. The molecule has 1 aromatic heterocycles. The number of aryl methyl sites for hydroxylation is 1. The fourth-order valence-electron chi connectivity index (χ4n) is 2.92. The third-order valence-electron chi connectivity index (χ3n) is 4.44. The first kappa shape index (κ1) is 22.9. The number of H-pyrrole nitrogens is 1. The van der Waals surface area contributed by atoms with E-state index < -0.39 is 0 Å². The van der Waals surface area contributed by atoms with Gasteiger partial charge in [0.05, 0.1) is 13.7 Å². The molecular weight excluding hydrogens is 511 g/mol. The Morgan fingerprint density at radius 1 is 1.20 bits per heavy atom. The van der Waals surface area contributed by atoms with Crippen molar-refractivity contribution in [2.45, 2.75) is 32.9 Å². The van der Waals surface area contributed by atoms with E-state index in [4.69, 9.17) is 44.9 Å². The van der Waals surface area contributed by atoms with E-state index >= 15 is 0 Å². The van der Waals surface area contributed by atoms with E-state index in [0.29, 0.717) is 38.4 Å². The molecule has 0 spiro atoms. The van der Waals surface area contributed by atoms with E-state index in [1.54, 1.807) is 30.0 Å². The number of benzene rings is 2. The maximum Gasteiger partial charge on any atom is 0.214 e. The Kier molecular flexibility index (Phi) is 8.05. The average Bonchev–Trinajstić information content (AvgIpc) is 3.07. The van der Waals surface area contributed by atoms with E-state index in [2.05, 4.69) is 38.5 Å². The summed E-state index contributed by atoms with van der Waals surface area (Å²) in [4.78, 5) is 0. The minimum atomic E-state index is 0.199. The summed E-state index contributed by atoms with van der Waals surface area (Å²) in [7, 11) is 1.60. The van der Waals surface area contributed by atoms with Gasteiger partial charge in [0.15, 0.2) is 17.3 Å². The van der Waals surface area contributed by atoms with Crippen molar-refractivity contribution in [3.05, 3.63) is 66.6 Å². The number of halogens is 3. The Morgan fingerprint density at radius 2 is 1.93 bits per heavy atom. The van der Waals surface area contributed by atoms with Gasteiger partial charge in [0.1, 0.15) is 6.61 Å². The van der Waals surface area contributed by atoms with Crippen molar-refractivity contribution in [3.8, 4) is 11.5 Å². The standard InChI is InChI=1S/C20H21BrCl2N4O2S/c1-3-5-18-25-26-20(30)27(18)24-10-12-14(21)8-9-17(28-2)19(12)29-11-13-15(22)6-4-7-16(13)23/h4,6-9,24H,3,5,10-11H2,1-2H3,(H,26,30). The van der Waals surface area contributed by atoms with E-state index in [1.807, 2.05) is 12.1 Å². The number of nitrogens with zero attached hydrogens (tertiary/aromatic N) is 2. The van der Waals surface area contributed by atoms with Crippen molar-refractivity contribution < 1.29 is 9.47 Å². The van der Waals surface area contributed by atoms with Gasteiger partial charge in [-0.15, -0.1) is 0 Å². The van der Waals surface area contributed by atoms with Crippen LogP contribution in [0.15, 0.2) is 34.8 Å². The Labute approximate surface area is 198 Å². The van der Waals surface area contributed by atoms with Crippen LogP contribution >= 0.6 is 51.3 Å². The van der Waals surface area contributed by atoms with Crippen molar-refractivity contribution in [1.29, 1.82) is 0 Å². The molecule has 3 aromatic rings. The van der Waals surface area contributed by atoms with Gasteiger partial charge in [-0.3, -0.25) is 5.10 Å². The summed E-state index contributed by atoms with van der Waals surface area (Å²) in [6.07, 6.45) is 1.75. The van der Waals surface area contributed by atoms with Crippen molar-refractivity contribution in [1.82, 2.24) is 14.9 Å². The first-order valence-corrected chi connectivity index (χ1v) is 11.2. The molecule has 0 aliphatic carbocycles. The first-order chi connectivity index (χ1) is 14.5. The molecule has 0 unspecified atom stereocenters. The maximum atomic E-state index is 6.29. The molecule has 30 heavy (non-hydrogen) atoms. The molecule has 2 N–H and O–H groups in total. The molecule has 160 valence electrons. The number of hydrogen-bond donors (Lipinski definition) is 2. The molecule has 0 aliphatic heterocycles. The number of hydrogen-bond acceptors (Lipinski definition) is 5. The van der Waals surface area contributed by atoms with E-state index in [-0.39, 0.29) is 6.61 Å². The predicted octanol–water partition coefficient (Wildman–Crippen LogP) is 6.29. The van der Waals surface area contributed by atoms with Crippen molar-refractivity contribution in [3.63, 3.8) is 0 Å². The Morgan fingerprint density at radius 3 is 2.60 bits per heavy atom. The van der Waals surface area contributed by atoms with Gasteiger partial charge in [0.2, 0.25) is 4.77 Å². The highest BCUT2D eigenvalue weighted by Gasteiger charge is 2.17. The van der Waals surface area contributed by atoms with E-state index in [1.165, 1.54) is 0 Å². The molecule has 0 amide bonds. The second-order valence-electron chi connectivity index (χ2n) is 6.41. The zero-order valence-corrected chi connectivity index (χ0v) is 20.4. The number of methoxy groups -OCH3 is 1. The fraction of sp³-hybridized carbons (Fsp3) is 0.300. The highest BCUT2D eigenvalue weighted by Crippen LogP contribution is 2.38. The molecule has 0 bridgehead atoms. The molecule has 6 nitrogen and oxygen atoms in total. The van der Waals surface area contributed by atoms with Gasteiger partial charge in [-0.1, -0.05) is 52.1 Å². The molecule has 0 saturated carbocycles. The van der Waals surface area contributed by atoms with Crippen LogP contribution in [0.25, 0.3) is 0 Å². The maximum absolute atomic E-state index is 6.29. The number of aromatic amines is 1. The van der Waals surface area contributed by atoms with Crippen LogP contribution in [0.2, 0.25) is 10.0 Å². The Hall–Kier alpha value is -1.74. The highest BCUT2D eigenvalue weighted by molar-refractivity contribution is 9.10. The summed E-state index contributed by atoms with van der Waals surface area (Å²) < 4.78 is 14.8. The van der Waals surface area contributed by atoms with Crippen LogP contribution in [-0.2, 0) is 19.6 Å². The molecule has 0 aliphatic rings. The molecule has 0 atom stereocenters. The second-order valence-corrected chi connectivity index (χ2v) is 8.47. The van der Waals surface area contributed by atoms with Gasteiger partial charge in [0, 0.05) is 32.1 Å². The molecule has 0 saturated heterocycles. The number of aromatic nitrogens is 3. The van der Waals surface area contributed by atoms with Gasteiger partial charge < -0.3 is 14.9 Å². The third-order valence-corrected chi connectivity index (χ3v) is 6.16.